The maximum atomic E-state index is 12.6. The van der Waals surface area contributed by atoms with Gasteiger partial charge in [0, 0.05) is 25.6 Å². The zero-order valence-electron chi connectivity index (χ0n) is 18.9. The van der Waals surface area contributed by atoms with E-state index in [1.54, 1.807) is 7.05 Å². The number of amides is 2. The first-order valence-corrected chi connectivity index (χ1v) is 11.2. The van der Waals surface area contributed by atoms with Crippen LogP contribution in [0, 0.1) is 0 Å². The fourth-order valence-electron chi connectivity index (χ4n) is 4.66. The van der Waals surface area contributed by atoms with E-state index in [1.807, 2.05) is 36.4 Å². The van der Waals surface area contributed by atoms with E-state index in [0.29, 0.717) is 6.42 Å². The number of carbonyl (C=O) groups excluding carboxylic acids is 2. The van der Waals surface area contributed by atoms with Crippen molar-refractivity contribution < 1.29 is 29.0 Å². The molecular weight excluding hydrogens is 452 g/mol. The van der Waals surface area contributed by atoms with Gasteiger partial charge in [0.05, 0.1) is 6.04 Å². The molecule has 2 unspecified atom stereocenters. The minimum Gasteiger partial charge on any atom is -0.479 e. The highest BCUT2D eigenvalue weighted by atomic mass is 16.5. The van der Waals surface area contributed by atoms with Gasteiger partial charge in [-0.25, -0.2) is 9.59 Å². The number of carbonyl (C=O) groups is 3. The Bertz CT molecular complexity index is 1260. The first-order valence-electron chi connectivity index (χ1n) is 11.2. The van der Waals surface area contributed by atoms with Gasteiger partial charge in [0.25, 0.3) is 5.91 Å². The number of hydrogen-bond donors (Lipinski definition) is 3. The van der Waals surface area contributed by atoms with Crippen LogP contribution in [0.2, 0.25) is 0 Å². The number of aryl methyl sites for hydroxylation is 1. The predicted octanol–water partition coefficient (Wildman–Crippen LogP) is 2.75. The predicted molar refractivity (Wildman–Crippen MR) is 125 cm³/mol. The number of fused-ring (bicyclic) bond motifs is 3. The Hall–Kier alpha value is -4.18. The van der Waals surface area contributed by atoms with Crippen molar-refractivity contribution in [2.45, 2.75) is 24.5 Å². The molecule has 3 N–H and O–H groups in total. The fourth-order valence-corrected chi connectivity index (χ4v) is 4.66. The van der Waals surface area contributed by atoms with Gasteiger partial charge < -0.3 is 19.9 Å². The maximum absolute atomic E-state index is 12.6. The molecule has 1 aliphatic heterocycles. The molecule has 0 spiro atoms. The van der Waals surface area contributed by atoms with Crippen molar-refractivity contribution in [2.75, 3.05) is 18.5 Å². The van der Waals surface area contributed by atoms with E-state index in [9.17, 15) is 19.5 Å². The van der Waals surface area contributed by atoms with Crippen LogP contribution in [-0.2, 0) is 21.3 Å². The van der Waals surface area contributed by atoms with Gasteiger partial charge in [0.2, 0.25) is 0 Å². The van der Waals surface area contributed by atoms with Crippen LogP contribution in [0.3, 0.4) is 0 Å². The number of benzene rings is 2. The van der Waals surface area contributed by atoms with Crippen LogP contribution in [0.5, 0.6) is 0 Å². The summed E-state index contributed by atoms with van der Waals surface area (Å²) in [6.45, 7) is 0.405. The van der Waals surface area contributed by atoms with Crippen molar-refractivity contribution in [3.63, 3.8) is 0 Å². The molecule has 2 amide bonds. The van der Waals surface area contributed by atoms with E-state index in [1.165, 1.54) is 10.7 Å². The average Bonchev–Trinajstić information content (AvgIpc) is 3.54. The van der Waals surface area contributed by atoms with Gasteiger partial charge in [-0.15, -0.1) is 0 Å². The van der Waals surface area contributed by atoms with Crippen molar-refractivity contribution >= 4 is 23.8 Å². The number of ether oxygens (including phenoxy) is 2. The van der Waals surface area contributed by atoms with Gasteiger partial charge in [-0.1, -0.05) is 48.5 Å². The fraction of sp³-hybridized carbons (Fsp3) is 0.280. The lowest BCUT2D eigenvalue weighted by Crippen LogP contribution is -2.44. The number of aromatic nitrogens is 2. The molecule has 2 heterocycles. The summed E-state index contributed by atoms with van der Waals surface area (Å²) in [6, 6.07) is 16.9. The van der Waals surface area contributed by atoms with Gasteiger partial charge in [-0.3, -0.25) is 14.8 Å². The van der Waals surface area contributed by atoms with Crippen LogP contribution in [-0.4, -0.2) is 58.2 Å². The molecule has 2 atom stereocenters. The summed E-state index contributed by atoms with van der Waals surface area (Å²) < 4.78 is 12.0. The maximum Gasteiger partial charge on any atom is 0.412 e. The van der Waals surface area contributed by atoms with Crippen molar-refractivity contribution in [1.29, 1.82) is 0 Å². The molecule has 0 saturated carbocycles. The third kappa shape index (κ3) is 4.35. The smallest absolute Gasteiger partial charge is 0.412 e. The lowest BCUT2D eigenvalue weighted by molar-refractivity contribution is -0.148. The Kier molecular flexibility index (Phi) is 5.96. The summed E-state index contributed by atoms with van der Waals surface area (Å²) in [5, 5.41) is 18.6. The lowest BCUT2D eigenvalue weighted by atomic mass is 9.98. The lowest BCUT2D eigenvalue weighted by Gasteiger charge is -2.15. The highest BCUT2D eigenvalue weighted by Crippen LogP contribution is 2.44. The summed E-state index contributed by atoms with van der Waals surface area (Å²) in [7, 11) is 1.58. The van der Waals surface area contributed by atoms with E-state index in [-0.39, 0.29) is 30.6 Å². The molecule has 35 heavy (non-hydrogen) atoms. The first kappa shape index (κ1) is 22.6. The van der Waals surface area contributed by atoms with Gasteiger partial charge >= 0.3 is 12.1 Å². The highest BCUT2D eigenvalue weighted by Gasteiger charge is 2.36. The molecule has 1 aromatic heterocycles. The third-order valence-corrected chi connectivity index (χ3v) is 6.34. The number of hydrogen-bond acceptors (Lipinski definition) is 6. The molecule has 0 radical (unpaired) electrons. The molecule has 10 heteroatoms. The van der Waals surface area contributed by atoms with E-state index < -0.39 is 30.1 Å². The molecule has 1 saturated heterocycles. The van der Waals surface area contributed by atoms with E-state index in [2.05, 4.69) is 27.9 Å². The zero-order chi connectivity index (χ0) is 24.5. The molecule has 1 aliphatic carbocycles. The summed E-state index contributed by atoms with van der Waals surface area (Å²) >= 11 is 0. The Morgan fingerprint density at radius 3 is 2.43 bits per heavy atom. The SMILES string of the molecule is Cn1nc(C(=O)NC2CCOC2C(=O)O)cc1NC(=O)OCC1c2ccccc2-c2ccccc21. The normalized spacial score (nSPS) is 18.5. The van der Waals surface area contributed by atoms with Crippen molar-refractivity contribution in [3.05, 3.63) is 71.4 Å². The third-order valence-electron chi connectivity index (χ3n) is 6.34. The highest BCUT2D eigenvalue weighted by molar-refractivity contribution is 5.95. The Morgan fingerprint density at radius 1 is 1.11 bits per heavy atom. The van der Waals surface area contributed by atoms with Crippen LogP contribution in [0.25, 0.3) is 11.1 Å². The topological polar surface area (TPSA) is 132 Å². The standard InChI is InChI=1S/C25H24N4O6/c1-29-21(12-20(28-29)23(30)26-19-10-11-34-22(19)24(31)32)27-25(33)35-13-18-16-8-4-2-6-14(16)15-7-3-5-9-17(15)18/h2-9,12,18-19,22H,10-11,13H2,1H3,(H,26,30)(H,27,33)(H,31,32). The molecular formula is C25H24N4O6. The number of nitrogens with one attached hydrogen (secondary N) is 2. The minimum atomic E-state index is -1.13. The van der Waals surface area contributed by atoms with Crippen molar-refractivity contribution in [3.8, 4) is 11.1 Å². The summed E-state index contributed by atoms with van der Waals surface area (Å²) in [5.74, 6) is -1.49. The van der Waals surface area contributed by atoms with Gasteiger partial charge in [-0.05, 0) is 28.7 Å². The number of carboxylic acids is 1. The van der Waals surface area contributed by atoms with Crippen LogP contribution in [0.4, 0.5) is 10.6 Å². The summed E-state index contributed by atoms with van der Waals surface area (Å²) in [4.78, 5) is 36.4. The monoisotopic (exact) mass is 476 g/mol. The molecule has 10 nitrogen and oxygen atoms in total. The second kappa shape index (κ2) is 9.22. The second-order valence-corrected chi connectivity index (χ2v) is 8.49. The van der Waals surface area contributed by atoms with Crippen LogP contribution < -0.4 is 10.6 Å². The molecule has 180 valence electrons. The van der Waals surface area contributed by atoms with E-state index >= 15 is 0 Å². The van der Waals surface area contributed by atoms with Crippen LogP contribution in [0.15, 0.2) is 54.6 Å². The quantitative estimate of drug-likeness (QED) is 0.498. The molecule has 1 fully saturated rings. The summed E-state index contributed by atoms with van der Waals surface area (Å²) in [5.41, 5.74) is 4.53. The number of nitrogens with zero attached hydrogens (tertiary/aromatic N) is 2. The Balaban J connectivity index is 1.22. The van der Waals surface area contributed by atoms with E-state index in [4.69, 9.17) is 9.47 Å². The van der Waals surface area contributed by atoms with Gasteiger partial charge in [0.15, 0.2) is 11.8 Å². The van der Waals surface area contributed by atoms with Crippen molar-refractivity contribution in [1.82, 2.24) is 15.1 Å². The largest absolute Gasteiger partial charge is 0.479 e. The average molecular weight is 476 g/mol. The minimum absolute atomic E-state index is 0.0393. The Labute approximate surface area is 200 Å². The zero-order valence-corrected chi connectivity index (χ0v) is 18.9. The second-order valence-electron chi connectivity index (χ2n) is 8.49. The number of carboxylic acid groups (broad SMARTS) is 1. The number of rotatable bonds is 6. The number of anilines is 1. The molecule has 2 aliphatic rings. The van der Waals surface area contributed by atoms with Crippen LogP contribution in [0.1, 0.15) is 34.0 Å². The molecule has 3 aromatic rings. The van der Waals surface area contributed by atoms with Crippen LogP contribution >= 0.6 is 0 Å². The molecule has 5 rings (SSSR count). The van der Waals surface area contributed by atoms with Gasteiger partial charge in [-0.2, -0.15) is 5.10 Å². The summed E-state index contributed by atoms with van der Waals surface area (Å²) in [6.07, 6.45) is -1.38. The number of aliphatic carboxylic acids is 1. The van der Waals surface area contributed by atoms with Crippen molar-refractivity contribution in [2.24, 2.45) is 7.05 Å². The molecule has 2 aromatic carbocycles. The Morgan fingerprint density at radius 2 is 1.77 bits per heavy atom. The van der Waals surface area contributed by atoms with Gasteiger partial charge in [0.1, 0.15) is 12.4 Å². The molecule has 0 bridgehead atoms. The van der Waals surface area contributed by atoms with E-state index in [0.717, 1.165) is 22.3 Å². The first-order chi connectivity index (χ1) is 16.9.